The maximum atomic E-state index is 13.0. The zero-order valence-electron chi connectivity index (χ0n) is 26.5. The van der Waals surface area contributed by atoms with Gasteiger partial charge < -0.3 is 10.6 Å². The van der Waals surface area contributed by atoms with Crippen molar-refractivity contribution >= 4 is 72.4 Å². The van der Waals surface area contributed by atoms with Gasteiger partial charge in [0.2, 0.25) is 0 Å². The van der Waals surface area contributed by atoms with Gasteiger partial charge in [-0.3, -0.25) is 28.3 Å². The quantitative estimate of drug-likeness (QED) is 0.309. The standard InChI is InChI=1S/C35H26N4O11S2/c40-31-25-9-3-11-29(51(45,46)47)23(25)13-15-27(31)38-33(42)19-5-1-7-21(17-19)36-35(44)37-22-8-2-6-20(18-22)34(43)39-28-16-14-24-26(32(28)41)10-4-12-30(24)52(48,49)50/h1-18,23-26H,(H2,36,37,44)(H,45,46,47)(H,48,49,50). The van der Waals surface area contributed by atoms with E-state index < -0.39 is 73.3 Å². The first kappa shape index (κ1) is 35.8. The van der Waals surface area contributed by atoms with Crippen LogP contribution in [0.15, 0.2) is 129 Å². The van der Waals surface area contributed by atoms with Crippen LogP contribution in [0.1, 0.15) is 20.7 Å². The van der Waals surface area contributed by atoms with Gasteiger partial charge in [-0.05, 0) is 60.7 Å². The number of fused-ring (bicyclic) bond motifs is 2. The Bertz CT molecular complexity index is 2270. The summed E-state index contributed by atoms with van der Waals surface area (Å²) in [7, 11) is -9.11. The molecule has 0 bridgehead atoms. The molecule has 0 spiro atoms. The number of rotatable bonds is 6. The summed E-state index contributed by atoms with van der Waals surface area (Å²) in [6.07, 6.45) is 13.1. The molecule has 4 atom stereocenters. The number of hydrogen-bond donors (Lipinski definition) is 4. The third-order valence-corrected chi connectivity index (χ3v) is 10.4. The minimum absolute atomic E-state index is 0.0182. The molecule has 6 rings (SSSR count). The minimum atomic E-state index is -4.56. The van der Waals surface area contributed by atoms with Gasteiger partial charge in [-0.1, -0.05) is 48.6 Å². The molecule has 0 aliphatic heterocycles. The van der Waals surface area contributed by atoms with Crippen molar-refractivity contribution < 1.29 is 49.9 Å². The Morgan fingerprint density at radius 3 is 1.38 bits per heavy atom. The maximum Gasteiger partial charge on any atom is 0.323 e. The summed E-state index contributed by atoms with van der Waals surface area (Å²) >= 11 is 0. The lowest BCUT2D eigenvalue weighted by atomic mass is 9.79. The predicted octanol–water partition coefficient (Wildman–Crippen LogP) is 3.92. The van der Waals surface area contributed by atoms with Crippen LogP contribution in [0.2, 0.25) is 0 Å². The summed E-state index contributed by atoms with van der Waals surface area (Å²) in [4.78, 5) is 72.0. The van der Waals surface area contributed by atoms with Crippen molar-refractivity contribution in [3.63, 3.8) is 0 Å². The van der Waals surface area contributed by atoms with E-state index in [9.17, 15) is 49.9 Å². The lowest BCUT2D eigenvalue weighted by Gasteiger charge is -2.27. The number of hydrogen-bond acceptors (Lipinski definition) is 9. The average molecular weight is 743 g/mol. The predicted molar refractivity (Wildman–Crippen MR) is 189 cm³/mol. The van der Waals surface area contributed by atoms with E-state index >= 15 is 0 Å². The van der Waals surface area contributed by atoms with Crippen LogP contribution in [0.3, 0.4) is 0 Å². The molecule has 2 aromatic carbocycles. The third-order valence-electron chi connectivity index (χ3n) is 8.40. The number of allylic oxidation sites excluding steroid dienone is 12. The van der Waals surface area contributed by atoms with Gasteiger partial charge in [0.05, 0.1) is 21.6 Å². The Balaban J connectivity index is 1.11. The molecular weight excluding hydrogens is 717 g/mol. The number of carbonyl (C=O) groups excluding carboxylic acids is 5. The number of nitrogens with one attached hydrogen (secondary N) is 2. The van der Waals surface area contributed by atoms with Gasteiger partial charge in [-0.2, -0.15) is 16.8 Å². The molecule has 0 radical (unpaired) electrons. The number of ketones is 2. The Morgan fingerprint density at radius 1 is 0.596 bits per heavy atom. The topological polar surface area (TPSA) is 243 Å². The molecular formula is C35H26N4O11S2. The Hall–Kier alpha value is -6.01. The number of urea groups is 1. The van der Waals surface area contributed by atoms with E-state index in [2.05, 4.69) is 20.6 Å². The van der Waals surface area contributed by atoms with E-state index in [1.807, 2.05) is 0 Å². The van der Waals surface area contributed by atoms with Gasteiger partial charge in [-0.25, -0.2) is 14.8 Å². The molecule has 2 aromatic rings. The largest absolute Gasteiger partial charge is 0.323 e. The number of anilines is 2. The van der Waals surface area contributed by atoms with Gasteiger partial charge in [0, 0.05) is 34.3 Å². The van der Waals surface area contributed by atoms with Crippen LogP contribution in [-0.4, -0.2) is 66.8 Å². The second kappa shape index (κ2) is 14.0. The van der Waals surface area contributed by atoms with Crippen molar-refractivity contribution in [2.24, 2.45) is 33.7 Å². The van der Waals surface area contributed by atoms with E-state index in [0.29, 0.717) is 0 Å². The summed E-state index contributed by atoms with van der Waals surface area (Å²) in [5, 5.41) is 5.10. The zero-order valence-corrected chi connectivity index (χ0v) is 28.1. The third kappa shape index (κ3) is 7.52. The summed E-state index contributed by atoms with van der Waals surface area (Å²) in [6, 6.07) is 10.6. The van der Waals surface area contributed by atoms with Crippen molar-refractivity contribution in [2.75, 3.05) is 10.6 Å². The van der Waals surface area contributed by atoms with Crippen molar-refractivity contribution in [3.05, 3.63) is 130 Å². The fourth-order valence-electron chi connectivity index (χ4n) is 5.98. The molecule has 4 unspecified atom stereocenters. The summed E-state index contributed by atoms with van der Waals surface area (Å²) in [5.41, 5.74) is -0.0450. The Labute approximate surface area is 296 Å². The fraction of sp³-hybridized carbons (Fsp3) is 0.114. The molecule has 0 aromatic heterocycles. The van der Waals surface area contributed by atoms with Gasteiger partial charge in [0.15, 0.2) is 11.6 Å². The highest BCUT2D eigenvalue weighted by atomic mass is 32.2. The first-order chi connectivity index (χ1) is 24.6. The van der Waals surface area contributed by atoms with Crippen LogP contribution < -0.4 is 10.6 Å². The average Bonchev–Trinajstić information content (AvgIpc) is 3.09. The highest BCUT2D eigenvalue weighted by molar-refractivity contribution is 7.90. The summed E-state index contributed by atoms with van der Waals surface area (Å²) in [5.74, 6) is -6.70. The van der Waals surface area contributed by atoms with E-state index in [1.54, 1.807) is 0 Å². The molecule has 4 N–H and O–H groups in total. The van der Waals surface area contributed by atoms with Gasteiger partial charge in [-0.15, -0.1) is 0 Å². The summed E-state index contributed by atoms with van der Waals surface area (Å²) < 4.78 is 65.9. The molecule has 4 aliphatic rings. The SMILES string of the molecule is O=C(Nc1cccc(C(=O)N=C2C=CC3C(S(=O)(=O)O)=CC=CC3C2=O)c1)Nc1cccc(C(=O)N=C2C=CC3C(S(=O)(=O)O)=CC=CC3C2=O)c1. The smallest absolute Gasteiger partial charge is 0.308 e. The minimum Gasteiger partial charge on any atom is -0.308 e. The van der Waals surface area contributed by atoms with Gasteiger partial charge in [0.1, 0.15) is 11.4 Å². The van der Waals surface area contributed by atoms with Crippen molar-refractivity contribution in [1.29, 1.82) is 0 Å². The van der Waals surface area contributed by atoms with Gasteiger partial charge in [0.25, 0.3) is 32.1 Å². The number of Topliss-reactive ketones (excluding diaryl/α,β-unsaturated/α-hetero) is 2. The van der Waals surface area contributed by atoms with Crippen molar-refractivity contribution in [3.8, 4) is 0 Å². The van der Waals surface area contributed by atoms with Crippen LogP contribution in [0, 0.1) is 23.7 Å². The maximum absolute atomic E-state index is 13.0. The Kier molecular flexibility index (Phi) is 9.61. The lowest BCUT2D eigenvalue weighted by Crippen LogP contribution is -2.35. The van der Waals surface area contributed by atoms with Crippen LogP contribution in [0.5, 0.6) is 0 Å². The summed E-state index contributed by atoms with van der Waals surface area (Å²) in [6.45, 7) is 0. The molecule has 0 saturated heterocycles. The second-order valence-corrected chi connectivity index (χ2v) is 14.6. The highest BCUT2D eigenvalue weighted by Gasteiger charge is 2.40. The molecule has 4 aliphatic carbocycles. The van der Waals surface area contributed by atoms with Crippen LogP contribution in [0.4, 0.5) is 16.2 Å². The Morgan fingerprint density at radius 2 is 1.00 bits per heavy atom. The van der Waals surface area contributed by atoms with Crippen LogP contribution in [0.25, 0.3) is 0 Å². The number of aliphatic imine (C=N–C) groups is 2. The molecule has 17 heteroatoms. The van der Waals surface area contributed by atoms with E-state index in [0.717, 1.165) is 0 Å². The molecule has 0 heterocycles. The van der Waals surface area contributed by atoms with Crippen LogP contribution in [-0.2, 0) is 29.8 Å². The first-order valence-electron chi connectivity index (χ1n) is 15.3. The molecule has 52 heavy (non-hydrogen) atoms. The molecule has 4 amide bonds. The van der Waals surface area contributed by atoms with Crippen LogP contribution >= 0.6 is 0 Å². The normalized spacial score (nSPS) is 23.8. The number of amides is 4. The number of benzene rings is 2. The monoisotopic (exact) mass is 742 g/mol. The van der Waals surface area contributed by atoms with Gasteiger partial charge >= 0.3 is 6.03 Å². The number of carbonyl (C=O) groups is 5. The molecule has 264 valence electrons. The van der Waals surface area contributed by atoms with E-state index in [1.165, 1.54) is 109 Å². The number of nitrogens with zero attached hydrogens (tertiary/aromatic N) is 2. The van der Waals surface area contributed by atoms with Crippen molar-refractivity contribution in [2.45, 2.75) is 0 Å². The van der Waals surface area contributed by atoms with E-state index in [4.69, 9.17) is 0 Å². The highest BCUT2D eigenvalue weighted by Crippen LogP contribution is 2.35. The fourth-order valence-corrected chi connectivity index (χ4v) is 7.62. The van der Waals surface area contributed by atoms with E-state index in [-0.39, 0.29) is 43.7 Å². The second-order valence-electron chi connectivity index (χ2n) is 11.8. The zero-order chi connectivity index (χ0) is 37.4. The lowest BCUT2D eigenvalue weighted by molar-refractivity contribution is -0.116. The molecule has 0 fully saturated rings. The first-order valence-corrected chi connectivity index (χ1v) is 18.2. The van der Waals surface area contributed by atoms with Crippen molar-refractivity contribution in [1.82, 2.24) is 0 Å². The molecule has 0 saturated carbocycles. The molecule has 15 nitrogen and oxygen atoms in total.